The van der Waals surface area contributed by atoms with Crippen LogP contribution in [0.1, 0.15) is 12.5 Å². The van der Waals surface area contributed by atoms with Gasteiger partial charge in [-0.3, -0.25) is 4.79 Å². The van der Waals surface area contributed by atoms with E-state index in [0.29, 0.717) is 23.8 Å². The second kappa shape index (κ2) is 10.1. The van der Waals surface area contributed by atoms with Gasteiger partial charge in [-0.25, -0.2) is 18.9 Å². The van der Waals surface area contributed by atoms with Crippen LogP contribution in [0.2, 0.25) is 0 Å². The minimum Gasteiger partial charge on any atom is -0.494 e. The van der Waals surface area contributed by atoms with Crippen LogP contribution in [0.5, 0.6) is 5.75 Å². The maximum Gasteiger partial charge on any atom is 0.350 e. The molecule has 10 heteroatoms. The van der Waals surface area contributed by atoms with Gasteiger partial charge in [-0.05, 0) is 50.2 Å². The van der Waals surface area contributed by atoms with E-state index in [-0.39, 0.29) is 18.1 Å². The van der Waals surface area contributed by atoms with Crippen LogP contribution in [0, 0.1) is 6.92 Å². The highest BCUT2D eigenvalue weighted by Crippen LogP contribution is 2.22. The van der Waals surface area contributed by atoms with E-state index in [4.69, 9.17) is 4.74 Å². The second-order valence-corrected chi connectivity index (χ2v) is 8.70. The molecule has 1 aliphatic rings. The lowest BCUT2D eigenvalue weighted by Crippen LogP contribution is -2.47. The summed E-state index contributed by atoms with van der Waals surface area (Å²) in [5, 5.41) is 7.26. The van der Waals surface area contributed by atoms with Crippen LogP contribution < -0.4 is 25.5 Å². The van der Waals surface area contributed by atoms with Gasteiger partial charge in [0.25, 0.3) is 0 Å². The molecule has 0 unspecified atom stereocenters. The Balaban J connectivity index is 1.29. The van der Waals surface area contributed by atoms with Crippen LogP contribution >= 0.6 is 0 Å². The number of carbonyl (C=O) groups is 1. The molecule has 1 saturated heterocycles. The van der Waals surface area contributed by atoms with E-state index >= 15 is 0 Å². The summed E-state index contributed by atoms with van der Waals surface area (Å²) >= 11 is 0. The van der Waals surface area contributed by atoms with Crippen LogP contribution in [0.25, 0.3) is 5.65 Å². The summed E-state index contributed by atoms with van der Waals surface area (Å²) in [7, 11) is 0. The van der Waals surface area contributed by atoms with E-state index in [1.54, 1.807) is 36.7 Å². The molecule has 36 heavy (non-hydrogen) atoms. The first-order chi connectivity index (χ1) is 17.5. The van der Waals surface area contributed by atoms with Crippen LogP contribution in [-0.4, -0.2) is 57.9 Å². The lowest BCUT2D eigenvalue weighted by molar-refractivity contribution is -0.117. The van der Waals surface area contributed by atoms with Crippen LogP contribution in [-0.2, 0) is 11.3 Å². The molecular weight excluding hydrogens is 458 g/mol. The average Bonchev–Trinajstić information content (AvgIpc) is 3.21. The number of piperazine rings is 1. The molecule has 4 aromatic rings. The van der Waals surface area contributed by atoms with Crippen molar-refractivity contribution in [1.82, 2.24) is 19.2 Å². The normalized spacial score (nSPS) is 13.7. The summed E-state index contributed by atoms with van der Waals surface area (Å²) in [5.74, 6) is 1.03. The fourth-order valence-electron chi connectivity index (χ4n) is 4.33. The van der Waals surface area contributed by atoms with Crippen molar-refractivity contribution in [2.45, 2.75) is 20.4 Å². The molecule has 5 rings (SSSR count). The molecule has 0 bridgehead atoms. The molecule has 0 atom stereocenters. The molecule has 0 spiro atoms. The third kappa shape index (κ3) is 4.88. The summed E-state index contributed by atoms with van der Waals surface area (Å²) < 4.78 is 8.04. The summed E-state index contributed by atoms with van der Waals surface area (Å²) in [6.07, 6.45) is 3.18. The smallest absolute Gasteiger partial charge is 0.350 e. The number of hydrogen-bond acceptors (Lipinski definition) is 7. The van der Waals surface area contributed by atoms with E-state index in [1.807, 2.05) is 6.92 Å². The monoisotopic (exact) mass is 487 g/mol. The second-order valence-electron chi connectivity index (χ2n) is 8.70. The quantitative estimate of drug-likeness (QED) is 0.428. The highest BCUT2D eigenvalue weighted by atomic mass is 16.5. The average molecular weight is 488 g/mol. The predicted octanol–water partition coefficient (Wildman–Crippen LogP) is 2.56. The van der Waals surface area contributed by atoms with Crippen LogP contribution in [0.4, 0.5) is 17.2 Å². The number of ether oxygens (including phenoxy) is 1. The van der Waals surface area contributed by atoms with Gasteiger partial charge in [-0.2, -0.15) is 0 Å². The number of nitrogens with zero attached hydrogens (tertiary/aromatic N) is 6. The number of carbonyl (C=O) groups excluding carboxylic acids is 1. The Morgan fingerprint density at radius 1 is 1.00 bits per heavy atom. The number of hydrogen-bond donors (Lipinski definition) is 1. The van der Waals surface area contributed by atoms with Crippen LogP contribution in [0.15, 0.2) is 65.7 Å². The zero-order chi connectivity index (χ0) is 25.1. The third-order valence-corrected chi connectivity index (χ3v) is 6.20. The predicted molar refractivity (Wildman–Crippen MR) is 139 cm³/mol. The molecule has 10 nitrogen and oxygen atoms in total. The first-order valence-corrected chi connectivity index (χ1v) is 12.1. The molecule has 186 valence electrons. The minimum atomic E-state index is -0.381. The topological polar surface area (TPSA) is 97.0 Å². The van der Waals surface area contributed by atoms with E-state index in [9.17, 15) is 9.59 Å². The Kier molecular flexibility index (Phi) is 6.57. The molecule has 0 aliphatic carbocycles. The van der Waals surface area contributed by atoms with Gasteiger partial charge < -0.3 is 19.9 Å². The fraction of sp³-hybridized carbons (Fsp3) is 0.308. The number of rotatable bonds is 7. The number of aryl methyl sites for hydroxylation is 1. The van der Waals surface area contributed by atoms with Gasteiger partial charge >= 0.3 is 5.69 Å². The Labute approximate surface area is 208 Å². The zero-order valence-corrected chi connectivity index (χ0v) is 20.4. The van der Waals surface area contributed by atoms with Crippen LogP contribution in [0.3, 0.4) is 0 Å². The standard InChI is InChI=1S/C26H29N7O3/c1-3-36-22-10-6-20(7-11-22)28-23(34)18-33-26(35)32-13-12-27-24(25(32)29-33)31-16-14-30(15-17-31)21-8-4-19(2)5-9-21/h4-13H,3,14-18H2,1-2H3,(H,28,34). The SMILES string of the molecule is CCOc1ccc(NC(=O)Cn2nc3c(N4CCN(c5ccc(C)cc5)CC4)nccn3c2=O)cc1. The van der Waals surface area contributed by atoms with Crippen molar-refractivity contribution in [3.63, 3.8) is 0 Å². The zero-order valence-electron chi connectivity index (χ0n) is 20.4. The Morgan fingerprint density at radius 3 is 2.39 bits per heavy atom. The molecule has 2 aromatic heterocycles. The van der Waals surface area contributed by atoms with Crippen molar-refractivity contribution in [3.05, 3.63) is 77.0 Å². The summed E-state index contributed by atoms with van der Waals surface area (Å²) in [4.78, 5) is 34.6. The molecule has 0 saturated carbocycles. The Bertz CT molecular complexity index is 1400. The van der Waals surface area contributed by atoms with Gasteiger partial charge in [0.05, 0.1) is 6.61 Å². The van der Waals surface area contributed by atoms with Gasteiger partial charge in [0.1, 0.15) is 12.3 Å². The molecule has 3 heterocycles. The van der Waals surface area contributed by atoms with Crippen molar-refractivity contribution < 1.29 is 9.53 Å². The van der Waals surface area contributed by atoms with Gasteiger partial charge in [0, 0.05) is 49.9 Å². The fourth-order valence-corrected chi connectivity index (χ4v) is 4.33. The van der Waals surface area contributed by atoms with Gasteiger partial charge in [-0.15, -0.1) is 5.10 Å². The molecule has 0 radical (unpaired) electrons. The molecular formula is C26H29N7O3. The maximum atomic E-state index is 12.9. The number of benzene rings is 2. The lowest BCUT2D eigenvalue weighted by atomic mass is 10.2. The van der Waals surface area contributed by atoms with E-state index in [1.165, 1.54) is 20.3 Å². The number of aromatic nitrogens is 4. The number of fused-ring (bicyclic) bond motifs is 1. The van der Waals surface area contributed by atoms with Crippen molar-refractivity contribution in [2.24, 2.45) is 0 Å². The van der Waals surface area contributed by atoms with Crippen molar-refractivity contribution in [1.29, 1.82) is 0 Å². The first kappa shape index (κ1) is 23.4. The maximum absolute atomic E-state index is 12.9. The number of anilines is 3. The molecule has 1 fully saturated rings. The Morgan fingerprint density at radius 2 is 1.69 bits per heavy atom. The van der Waals surface area contributed by atoms with Crippen molar-refractivity contribution in [3.8, 4) is 5.75 Å². The highest BCUT2D eigenvalue weighted by molar-refractivity contribution is 5.90. The molecule has 2 aromatic carbocycles. The van der Waals surface area contributed by atoms with Gasteiger partial charge in [0.15, 0.2) is 5.82 Å². The Hall–Kier alpha value is -4.34. The largest absolute Gasteiger partial charge is 0.494 e. The molecule has 1 amide bonds. The van der Waals surface area contributed by atoms with Gasteiger partial charge in [0.2, 0.25) is 11.6 Å². The van der Waals surface area contributed by atoms with Crippen molar-refractivity contribution in [2.75, 3.05) is 47.9 Å². The lowest BCUT2D eigenvalue weighted by Gasteiger charge is -2.36. The summed E-state index contributed by atoms with van der Waals surface area (Å²) in [5.41, 5.74) is 3.12. The highest BCUT2D eigenvalue weighted by Gasteiger charge is 2.23. The molecule has 1 aliphatic heterocycles. The third-order valence-electron chi connectivity index (χ3n) is 6.20. The molecule has 1 N–H and O–H groups in total. The van der Waals surface area contributed by atoms with E-state index in [2.05, 4.69) is 56.4 Å². The minimum absolute atomic E-state index is 0.200. The van der Waals surface area contributed by atoms with Crippen molar-refractivity contribution >= 4 is 28.7 Å². The van der Waals surface area contributed by atoms with E-state index < -0.39 is 0 Å². The van der Waals surface area contributed by atoms with Gasteiger partial charge in [-0.1, -0.05) is 17.7 Å². The van der Waals surface area contributed by atoms with E-state index in [0.717, 1.165) is 31.9 Å². The number of nitrogens with one attached hydrogen (secondary N) is 1. The first-order valence-electron chi connectivity index (χ1n) is 12.1. The number of amides is 1. The summed E-state index contributed by atoms with van der Waals surface area (Å²) in [6.45, 7) is 7.53. The summed E-state index contributed by atoms with van der Waals surface area (Å²) in [6, 6.07) is 15.6.